The van der Waals surface area contributed by atoms with Crippen molar-refractivity contribution in [1.29, 1.82) is 0 Å². The summed E-state index contributed by atoms with van der Waals surface area (Å²) in [5.41, 5.74) is 4.28. The second-order valence-electron chi connectivity index (χ2n) is 5.43. The average molecular weight is 292 g/mol. The maximum Gasteiger partial charge on any atom is 0.120 e. The molecule has 112 valence electrons. The van der Waals surface area contributed by atoms with Crippen molar-refractivity contribution < 1.29 is 4.74 Å². The van der Waals surface area contributed by atoms with Gasteiger partial charge in [0.25, 0.3) is 0 Å². The lowest BCUT2D eigenvalue weighted by molar-refractivity contribution is 0.340. The van der Waals surface area contributed by atoms with Crippen LogP contribution >= 0.6 is 0 Å². The Morgan fingerprint density at radius 2 is 1.73 bits per heavy atom. The van der Waals surface area contributed by atoms with Crippen molar-refractivity contribution in [3.8, 4) is 17.0 Å². The normalized spacial score (nSPS) is 10.7. The maximum atomic E-state index is 5.53. The van der Waals surface area contributed by atoms with Crippen LogP contribution in [0.1, 0.15) is 6.92 Å². The molecule has 1 aromatic heterocycles. The number of aromatic nitrogens is 1. The zero-order valence-corrected chi connectivity index (χ0v) is 13.2. The van der Waals surface area contributed by atoms with E-state index in [1.54, 1.807) is 0 Å². The van der Waals surface area contributed by atoms with Gasteiger partial charge >= 0.3 is 0 Å². The number of hydrogen-bond acceptors (Lipinski definition) is 3. The molecule has 0 aliphatic carbocycles. The number of anilines is 1. The highest BCUT2D eigenvalue weighted by Gasteiger charge is 2.04. The summed E-state index contributed by atoms with van der Waals surface area (Å²) in [6.07, 6.45) is 0. The Morgan fingerprint density at radius 3 is 2.41 bits per heavy atom. The Bertz CT molecular complexity index is 779. The third-order valence-corrected chi connectivity index (χ3v) is 3.65. The minimum absolute atomic E-state index is 0.676. The van der Waals surface area contributed by atoms with Gasteiger partial charge in [-0.3, -0.25) is 0 Å². The van der Waals surface area contributed by atoms with E-state index in [0.717, 1.165) is 27.9 Å². The molecule has 3 nitrogen and oxygen atoms in total. The summed E-state index contributed by atoms with van der Waals surface area (Å²) in [5, 5.41) is 1.10. The number of rotatable bonds is 4. The number of fused-ring (bicyclic) bond motifs is 1. The van der Waals surface area contributed by atoms with Gasteiger partial charge in [0.05, 0.1) is 17.8 Å². The van der Waals surface area contributed by atoms with Crippen molar-refractivity contribution in [1.82, 2.24) is 4.98 Å². The summed E-state index contributed by atoms with van der Waals surface area (Å²) in [7, 11) is 4.08. The summed E-state index contributed by atoms with van der Waals surface area (Å²) in [5.74, 6) is 0.889. The van der Waals surface area contributed by atoms with Crippen molar-refractivity contribution >= 4 is 16.6 Å². The van der Waals surface area contributed by atoms with E-state index < -0.39 is 0 Å². The second kappa shape index (κ2) is 6.06. The van der Waals surface area contributed by atoms with Gasteiger partial charge in [-0.2, -0.15) is 0 Å². The lowest BCUT2D eigenvalue weighted by Gasteiger charge is -2.12. The first-order chi connectivity index (χ1) is 10.7. The van der Waals surface area contributed by atoms with Gasteiger partial charge < -0.3 is 9.64 Å². The van der Waals surface area contributed by atoms with Crippen LogP contribution in [-0.4, -0.2) is 25.7 Å². The Kier molecular flexibility index (Phi) is 3.96. The Labute approximate surface area is 131 Å². The van der Waals surface area contributed by atoms with Crippen molar-refractivity contribution in [2.75, 3.05) is 25.6 Å². The Balaban J connectivity index is 1.96. The van der Waals surface area contributed by atoms with Crippen molar-refractivity contribution in [3.05, 3.63) is 54.6 Å². The molecule has 2 aromatic carbocycles. The lowest BCUT2D eigenvalue weighted by Crippen LogP contribution is -2.07. The van der Waals surface area contributed by atoms with Crippen LogP contribution in [0.5, 0.6) is 5.75 Å². The number of pyridine rings is 1. The predicted octanol–water partition coefficient (Wildman–Crippen LogP) is 4.37. The number of benzene rings is 2. The van der Waals surface area contributed by atoms with E-state index in [2.05, 4.69) is 41.3 Å². The van der Waals surface area contributed by atoms with E-state index >= 15 is 0 Å². The molecule has 0 saturated heterocycles. The van der Waals surface area contributed by atoms with E-state index in [9.17, 15) is 0 Å². The molecular formula is C19H20N2O. The van der Waals surface area contributed by atoms with Gasteiger partial charge in [0.1, 0.15) is 5.75 Å². The molecule has 3 heteroatoms. The van der Waals surface area contributed by atoms with Crippen LogP contribution in [0.2, 0.25) is 0 Å². The van der Waals surface area contributed by atoms with Gasteiger partial charge in [0.2, 0.25) is 0 Å². The van der Waals surface area contributed by atoms with Crippen LogP contribution < -0.4 is 9.64 Å². The molecule has 0 unspecified atom stereocenters. The highest BCUT2D eigenvalue weighted by molar-refractivity contribution is 5.83. The van der Waals surface area contributed by atoms with Crippen molar-refractivity contribution in [2.24, 2.45) is 0 Å². The summed E-state index contributed by atoms with van der Waals surface area (Å²) in [4.78, 5) is 6.84. The van der Waals surface area contributed by atoms with Gasteiger partial charge in [0, 0.05) is 30.7 Å². The van der Waals surface area contributed by atoms with Crippen LogP contribution in [0.25, 0.3) is 22.2 Å². The molecule has 0 atom stereocenters. The molecule has 0 saturated carbocycles. The number of hydrogen-bond donors (Lipinski definition) is 0. The minimum Gasteiger partial charge on any atom is -0.494 e. The number of nitrogens with zero attached hydrogens (tertiary/aromatic N) is 2. The van der Waals surface area contributed by atoms with Crippen LogP contribution in [0.15, 0.2) is 54.6 Å². The molecule has 0 aliphatic heterocycles. The van der Waals surface area contributed by atoms with E-state index in [0.29, 0.717) is 6.61 Å². The zero-order valence-electron chi connectivity index (χ0n) is 13.2. The fourth-order valence-electron chi connectivity index (χ4n) is 2.45. The van der Waals surface area contributed by atoms with Crippen LogP contribution in [0, 0.1) is 0 Å². The summed E-state index contributed by atoms with van der Waals surface area (Å²) >= 11 is 0. The predicted molar refractivity (Wildman–Crippen MR) is 92.7 cm³/mol. The summed E-state index contributed by atoms with van der Waals surface area (Å²) < 4.78 is 5.53. The van der Waals surface area contributed by atoms with E-state index in [4.69, 9.17) is 9.72 Å². The van der Waals surface area contributed by atoms with Crippen LogP contribution in [0.4, 0.5) is 5.69 Å². The highest BCUT2D eigenvalue weighted by Crippen LogP contribution is 2.25. The standard InChI is InChI=1S/C19H20N2O/c1-4-22-17-10-12-19-15(13-17)7-11-18(20-19)14-5-8-16(9-6-14)21(2)3/h5-13H,4H2,1-3H3. The molecule has 0 spiro atoms. The Morgan fingerprint density at radius 1 is 0.955 bits per heavy atom. The molecule has 0 amide bonds. The molecule has 1 heterocycles. The maximum absolute atomic E-state index is 5.53. The van der Waals surface area contributed by atoms with Crippen LogP contribution in [-0.2, 0) is 0 Å². The van der Waals surface area contributed by atoms with Crippen LogP contribution in [0.3, 0.4) is 0 Å². The van der Waals surface area contributed by atoms with E-state index in [-0.39, 0.29) is 0 Å². The Hall–Kier alpha value is -2.55. The van der Waals surface area contributed by atoms with Gasteiger partial charge in [-0.15, -0.1) is 0 Å². The molecule has 0 radical (unpaired) electrons. The third kappa shape index (κ3) is 2.89. The fraction of sp³-hybridized carbons (Fsp3) is 0.211. The van der Waals surface area contributed by atoms with Gasteiger partial charge in [-0.1, -0.05) is 18.2 Å². The molecule has 0 bridgehead atoms. The largest absolute Gasteiger partial charge is 0.494 e. The molecule has 0 N–H and O–H groups in total. The molecule has 0 aliphatic rings. The zero-order chi connectivity index (χ0) is 15.5. The van der Waals surface area contributed by atoms with Gasteiger partial charge in [-0.25, -0.2) is 4.98 Å². The SMILES string of the molecule is CCOc1ccc2nc(-c3ccc(N(C)C)cc3)ccc2c1. The first-order valence-corrected chi connectivity index (χ1v) is 7.49. The van der Waals surface area contributed by atoms with Gasteiger partial charge in [-0.05, 0) is 43.3 Å². The number of ether oxygens (including phenoxy) is 1. The van der Waals surface area contributed by atoms with E-state index in [1.807, 2.05) is 39.2 Å². The molecule has 22 heavy (non-hydrogen) atoms. The fourth-order valence-corrected chi connectivity index (χ4v) is 2.45. The smallest absolute Gasteiger partial charge is 0.120 e. The highest BCUT2D eigenvalue weighted by atomic mass is 16.5. The average Bonchev–Trinajstić information content (AvgIpc) is 2.55. The molecule has 0 fully saturated rings. The van der Waals surface area contributed by atoms with E-state index in [1.165, 1.54) is 5.69 Å². The van der Waals surface area contributed by atoms with Crippen molar-refractivity contribution in [3.63, 3.8) is 0 Å². The first kappa shape index (κ1) is 14.4. The second-order valence-corrected chi connectivity index (χ2v) is 5.43. The lowest BCUT2D eigenvalue weighted by atomic mass is 10.1. The topological polar surface area (TPSA) is 25.4 Å². The monoisotopic (exact) mass is 292 g/mol. The molecule has 3 aromatic rings. The minimum atomic E-state index is 0.676. The quantitative estimate of drug-likeness (QED) is 0.714. The molecule has 3 rings (SSSR count). The third-order valence-electron chi connectivity index (χ3n) is 3.65. The van der Waals surface area contributed by atoms with Crippen molar-refractivity contribution in [2.45, 2.75) is 6.92 Å². The summed E-state index contributed by atoms with van der Waals surface area (Å²) in [6, 6.07) is 18.6. The van der Waals surface area contributed by atoms with Gasteiger partial charge in [0.15, 0.2) is 0 Å². The molecular weight excluding hydrogens is 272 g/mol. The summed E-state index contributed by atoms with van der Waals surface area (Å²) in [6.45, 7) is 2.66. The first-order valence-electron chi connectivity index (χ1n) is 7.49.